The Morgan fingerprint density at radius 3 is 2.52 bits per heavy atom. The van der Waals surface area contributed by atoms with Crippen LogP contribution >= 0.6 is 11.8 Å². The van der Waals surface area contributed by atoms with E-state index in [1.54, 1.807) is 56.7 Å². The van der Waals surface area contributed by atoms with Gasteiger partial charge in [0.05, 0.1) is 25.7 Å². The topological polar surface area (TPSA) is 47.6 Å². The van der Waals surface area contributed by atoms with Crippen molar-refractivity contribution in [2.75, 3.05) is 25.3 Å². The maximum Gasteiger partial charge on any atom is 0.398 e. The number of ether oxygens (including phenoxy) is 2. The average molecular weight is 399 g/mol. The van der Waals surface area contributed by atoms with Crippen molar-refractivity contribution < 1.29 is 27.4 Å². The van der Waals surface area contributed by atoms with E-state index in [9.17, 15) is 18.0 Å². The molecular weight excluding hydrogens is 379 g/mol. The standard InChI is InChI=1S/C19H20F3NO3S/c1-25-14-8-9-16(26-2)13(11-14)7-10-18(24)23-15-5-3-4-6-17(15)27-12-19(20,21)22/h3-6,8-9,11H,7,10,12H2,1-2H3,(H,23,24). The van der Waals surface area contributed by atoms with Crippen LogP contribution in [0.15, 0.2) is 47.4 Å². The van der Waals surface area contributed by atoms with Crippen LogP contribution in [0.3, 0.4) is 0 Å². The van der Waals surface area contributed by atoms with Gasteiger partial charge in [0.25, 0.3) is 0 Å². The molecule has 0 atom stereocenters. The SMILES string of the molecule is COc1ccc(OC)c(CCC(=O)Nc2ccccc2SCC(F)(F)F)c1. The molecule has 4 nitrogen and oxygen atoms in total. The number of benzene rings is 2. The van der Waals surface area contributed by atoms with E-state index in [0.717, 1.165) is 5.56 Å². The molecule has 0 spiro atoms. The van der Waals surface area contributed by atoms with E-state index >= 15 is 0 Å². The Bertz CT molecular complexity index is 781. The van der Waals surface area contributed by atoms with E-state index in [1.165, 1.54) is 0 Å². The van der Waals surface area contributed by atoms with Gasteiger partial charge in [-0.1, -0.05) is 12.1 Å². The predicted molar refractivity (Wildman–Crippen MR) is 99.7 cm³/mol. The quantitative estimate of drug-likeness (QED) is 0.640. The maximum atomic E-state index is 12.4. The number of hydrogen-bond donors (Lipinski definition) is 1. The highest BCUT2D eigenvalue weighted by Gasteiger charge is 2.27. The summed E-state index contributed by atoms with van der Waals surface area (Å²) in [4.78, 5) is 12.7. The Labute approximate surface area is 160 Å². The van der Waals surface area contributed by atoms with Crippen LogP contribution in [0.1, 0.15) is 12.0 Å². The van der Waals surface area contributed by atoms with Crippen LogP contribution in [-0.4, -0.2) is 32.1 Å². The monoisotopic (exact) mass is 399 g/mol. The van der Waals surface area contributed by atoms with Gasteiger partial charge in [0.1, 0.15) is 11.5 Å². The van der Waals surface area contributed by atoms with Crippen LogP contribution in [0.5, 0.6) is 11.5 Å². The lowest BCUT2D eigenvalue weighted by atomic mass is 10.1. The number of hydrogen-bond acceptors (Lipinski definition) is 4. The van der Waals surface area contributed by atoms with Gasteiger partial charge in [-0.2, -0.15) is 13.2 Å². The highest BCUT2D eigenvalue weighted by molar-refractivity contribution is 7.99. The molecule has 1 amide bonds. The third-order valence-corrected chi connectivity index (χ3v) is 4.80. The number of nitrogens with one attached hydrogen (secondary N) is 1. The zero-order valence-electron chi connectivity index (χ0n) is 14.9. The Hall–Kier alpha value is -2.35. The van der Waals surface area contributed by atoms with Crippen molar-refractivity contribution in [1.82, 2.24) is 0 Å². The second kappa shape index (κ2) is 9.55. The van der Waals surface area contributed by atoms with Crippen molar-refractivity contribution in [3.8, 4) is 11.5 Å². The predicted octanol–water partition coefficient (Wildman–Crippen LogP) is 4.93. The maximum absolute atomic E-state index is 12.4. The molecule has 2 aromatic carbocycles. The van der Waals surface area contributed by atoms with Crippen LogP contribution in [-0.2, 0) is 11.2 Å². The zero-order chi connectivity index (χ0) is 19.9. The molecule has 2 rings (SSSR count). The van der Waals surface area contributed by atoms with Gasteiger partial charge in [0, 0.05) is 11.3 Å². The molecule has 0 aliphatic carbocycles. The van der Waals surface area contributed by atoms with E-state index < -0.39 is 11.9 Å². The number of aryl methyl sites for hydroxylation is 1. The van der Waals surface area contributed by atoms with Gasteiger partial charge < -0.3 is 14.8 Å². The number of carbonyl (C=O) groups excluding carboxylic acids is 1. The number of amides is 1. The number of halogens is 3. The fourth-order valence-corrected chi connectivity index (χ4v) is 3.16. The molecule has 0 saturated carbocycles. The number of carbonyl (C=O) groups is 1. The fourth-order valence-electron chi connectivity index (χ4n) is 2.39. The summed E-state index contributed by atoms with van der Waals surface area (Å²) in [5, 5.41) is 2.68. The summed E-state index contributed by atoms with van der Waals surface area (Å²) < 4.78 is 47.8. The second-order valence-corrected chi connectivity index (χ2v) is 6.64. The van der Waals surface area contributed by atoms with Gasteiger partial charge in [-0.15, -0.1) is 11.8 Å². The summed E-state index contributed by atoms with van der Waals surface area (Å²) in [6.07, 6.45) is -3.71. The molecule has 0 radical (unpaired) electrons. The summed E-state index contributed by atoms with van der Waals surface area (Å²) in [7, 11) is 3.09. The van der Waals surface area contributed by atoms with Gasteiger partial charge in [-0.25, -0.2) is 0 Å². The molecule has 0 unspecified atom stereocenters. The smallest absolute Gasteiger partial charge is 0.398 e. The highest BCUT2D eigenvalue weighted by Crippen LogP contribution is 2.32. The Morgan fingerprint density at radius 2 is 1.85 bits per heavy atom. The number of para-hydroxylation sites is 1. The first-order chi connectivity index (χ1) is 12.8. The van der Waals surface area contributed by atoms with Gasteiger partial charge >= 0.3 is 6.18 Å². The Kier molecular flexibility index (Phi) is 7.41. The molecule has 0 bridgehead atoms. The highest BCUT2D eigenvalue weighted by atomic mass is 32.2. The van der Waals surface area contributed by atoms with Crippen molar-refractivity contribution in [3.05, 3.63) is 48.0 Å². The lowest BCUT2D eigenvalue weighted by Crippen LogP contribution is -2.14. The van der Waals surface area contributed by atoms with Crippen molar-refractivity contribution in [2.24, 2.45) is 0 Å². The lowest BCUT2D eigenvalue weighted by Gasteiger charge is -2.13. The molecule has 1 N–H and O–H groups in total. The normalized spacial score (nSPS) is 11.1. The minimum absolute atomic E-state index is 0.155. The van der Waals surface area contributed by atoms with Crippen LogP contribution in [0.4, 0.5) is 18.9 Å². The summed E-state index contributed by atoms with van der Waals surface area (Å²) in [5.74, 6) is -0.00859. The van der Waals surface area contributed by atoms with Crippen LogP contribution in [0, 0.1) is 0 Å². The molecule has 0 aliphatic heterocycles. The first-order valence-electron chi connectivity index (χ1n) is 8.11. The second-order valence-electron chi connectivity index (χ2n) is 5.63. The van der Waals surface area contributed by atoms with Gasteiger partial charge in [0.2, 0.25) is 5.91 Å². The van der Waals surface area contributed by atoms with E-state index in [-0.39, 0.29) is 12.3 Å². The number of rotatable bonds is 8. The lowest BCUT2D eigenvalue weighted by molar-refractivity contribution is -0.116. The third kappa shape index (κ3) is 6.71. The fraction of sp³-hybridized carbons (Fsp3) is 0.316. The number of methoxy groups -OCH3 is 2. The summed E-state index contributed by atoms with van der Waals surface area (Å²) in [6, 6.07) is 11.7. The van der Waals surface area contributed by atoms with E-state index in [2.05, 4.69) is 5.32 Å². The number of anilines is 1. The van der Waals surface area contributed by atoms with E-state index in [0.29, 0.717) is 40.3 Å². The Balaban J connectivity index is 2.01. The molecule has 146 valence electrons. The van der Waals surface area contributed by atoms with Crippen molar-refractivity contribution >= 4 is 23.4 Å². The third-order valence-electron chi connectivity index (χ3n) is 3.66. The van der Waals surface area contributed by atoms with E-state index in [4.69, 9.17) is 9.47 Å². The average Bonchev–Trinajstić information content (AvgIpc) is 2.64. The summed E-state index contributed by atoms with van der Waals surface area (Å²) in [5.41, 5.74) is 1.18. The van der Waals surface area contributed by atoms with Crippen LogP contribution < -0.4 is 14.8 Å². The molecule has 0 fully saturated rings. The first kappa shape index (κ1) is 21.0. The molecule has 8 heteroatoms. The molecule has 0 aromatic heterocycles. The zero-order valence-corrected chi connectivity index (χ0v) is 15.7. The summed E-state index contributed by atoms with van der Waals surface area (Å²) >= 11 is 0.645. The van der Waals surface area contributed by atoms with Gasteiger partial charge in [-0.05, 0) is 42.3 Å². The van der Waals surface area contributed by atoms with Crippen LogP contribution in [0.2, 0.25) is 0 Å². The van der Waals surface area contributed by atoms with Gasteiger partial charge in [0.15, 0.2) is 0 Å². The van der Waals surface area contributed by atoms with Gasteiger partial charge in [-0.3, -0.25) is 4.79 Å². The molecule has 0 heterocycles. The van der Waals surface area contributed by atoms with E-state index in [1.807, 2.05) is 0 Å². The molecule has 2 aromatic rings. The van der Waals surface area contributed by atoms with Crippen molar-refractivity contribution in [1.29, 1.82) is 0 Å². The molecule has 0 saturated heterocycles. The molecule has 0 aliphatic rings. The minimum Gasteiger partial charge on any atom is -0.497 e. The van der Waals surface area contributed by atoms with Crippen molar-refractivity contribution in [3.63, 3.8) is 0 Å². The Morgan fingerprint density at radius 1 is 1.11 bits per heavy atom. The number of thioether (sulfide) groups is 1. The van der Waals surface area contributed by atoms with Crippen molar-refractivity contribution in [2.45, 2.75) is 23.9 Å². The molecular formula is C19H20F3NO3S. The molecule has 27 heavy (non-hydrogen) atoms. The minimum atomic E-state index is -4.27. The van der Waals surface area contributed by atoms with Crippen LogP contribution in [0.25, 0.3) is 0 Å². The summed E-state index contributed by atoms with van der Waals surface area (Å²) in [6.45, 7) is 0. The largest absolute Gasteiger partial charge is 0.497 e. The first-order valence-corrected chi connectivity index (χ1v) is 9.10. The number of alkyl halides is 3.